The number of nitrogens with one attached hydrogen (secondary N) is 1. The van der Waals surface area contributed by atoms with Crippen molar-refractivity contribution in [3.05, 3.63) is 56.0 Å². The monoisotopic (exact) mass is 422 g/mol. The van der Waals surface area contributed by atoms with Gasteiger partial charge < -0.3 is 14.8 Å². The van der Waals surface area contributed by atoms with E-state index in [0.29, 0.717) is 11.5 Å². The second-order valence-electron chi connectivity index (χ2n) is 5.76. The Labute approximate surface area is 159 Å². The second-order valence-corrected chi connectivity index (χ2v) is 6.68. The number of anilines is 1. The van der Waals surface area contributed by atoms with Crippen molar-refractivity contribution in [2.24, 2.45) is 0 Å². The molecule has 0 fully saturated rings. The Balaban J connectivity index is 2.20. The Morgan fingerprint density at radius 1 is 1.23 bits per heavy atom. The van der Waals surface area contributed by atoms with Gasteiger partial charge in [0.15, 0.2) is 6.10 Å². The van der Waals surface area contributed by atoms with Crippen LogP contribution in [0.1, 0.15) is 18.1 Å². The summed E-state index contributed by atoms with van der Waals surface area (Å²) in [6, 6.07) is 7.79. The molecule has 2 aromatic carbocycles. The molecule has 1 atom stereocenters. The standard InChI is InChI=1S/C18H19BrN2O5/c1-10-7-13(19)8-11(2)17(10)26-12(3)18(22)20-15-9-14(21(23)24)5-6-16(15)25-4/h5-9,12H,1-4H3,(H,20,22)/t12-/m1/s1. The number of nitro benzene ring substituents is 1. The molecule has 0 aromatic heterocycles. The average molecular weight is 423 g/mol. The van der Waals surface area contributed by atoms with E-state index in [1.165, 1.54) is 25.3 Å². The first kappa shape index (κ1) is 19.7. The maximum Gasteiger partial charge on any atom is 0.271 e. The minimum Gasteiger partial charge on any atom is -0.495 e. The number of ether oxygens (including phenoxy) is 2. The third-order valence-corrected chi connectivity index (χ3v) is 4.20. The van der Waals surface area contributed by atoms with Gasteiger partial charge in [-0.05, 0) is 50.1 Å². The van der Waals surface area contributed by atoms with Gasteiger partial charge in [0.1, 0.15) is 11.5 Å². The van der Waals surface area contributed by atoms with E-state index in [1.54, 1.807) is 6.92 Å². The van der Waals surface area contributed by atoms with Crippen molar-refractivity contribution in [1.29, 1.82) is 0 Å². The molecule has 0 aliphatic carbocycles. The molecule has 2 aromatic rings. The van der Waals surface area contributed by atoms with Gasteiger partial charge in [0.25, 0.3) is 11.6 Å². The lowest BCUT2D eigenvalue weighted by molar-refractivity contribution is -0.384. The van der Waals surface area contributed by atoms with Gasteiger partial charge in [0.05, 0.1) is 17.7 Å². The van der Waals surface area contributed by atoms with Crippen LogP contribution in [0, 0.1) is 24.0 Å². The van der Waals surface area contributed by atoms with E-state index < -0.39 is 16.9 Å². The predicted molar refractivity (Wildman–Crippen MR) is 102 cm³/mol. The molecule has 0 bridgehead atoms. The molecule has 26 heavy (non-hydrogen) atoms. The highest BCUT2D eigenvalue weighted by Gasteiger charge is 2.20. The van der Waals surface area contributed by atoms with E-state index in [4.69, 9.17) is 9.47 Å². The number of methoxy groups -OCH3 is 1. The normalized spacial score (nSPS) is 11.6. The number of hydrogen-bond donors (Lipinski definition) is 1. The number of carbonyl (C=O) groups is 1. The number of halogens is 1. The van der Waals surface area contributed by atoms with Crippen molar-refractivity contribution in [2.45, 2.75) is 26.9 Å². The van der Waals surface area contributed by atoms with E-state index in [1.807, 2.05) is 26.0 Å². The van der Waals surface area contributed by atoms with Crippen molar-refractivity contribution in [1.82, 2.24) is 0 Å². The number of nitro groups is 1. The topological polar surface area (TPSA) is 90.7 Å². The van der Waals surface area contributed by atoms with E-state index in [9.17, 15) is 14.9 Å². The summed E-state index contributed by atoms with van der Waals surface area (Å²) in [4.78, 5) is 22.9. The molecule has 0 unspecified atom stereocenters. The number of rotatable bonds is 6. The lowest BCUT2D eigenvalue weighted by Gasteiger charge is -2.19. The molecule has 7 nitrogen and oxygen atoms in total. The summed E-state index contributed by atoms with van der Waals surface area (Å²) in [5.41, 5.74) is 1.86. The number of hydrogen-bond acceptors (Lipinski definition) is 5. The summed E-state index contributed by atoms with van der Waals surface area (Å²) in [7, 11) is 1.42. The fourth-order valence-electron chi connectivity index (χ4n) is 2.46. The number of carbonyl (C=O) groups excluding carboxylic acids is 1. The van der Waals surface area contributed by atoms with Gasteiger partial charge in [-0.3, -0.25) is 14.9 Å². The summed E-state index contributed by atoms with van der Waals surface area (Å²) < 4.78 is 11.9. The van der Waals surface area contributed by atoms with Crippen LogP contribution < -0.4 is 14.8 Å². The van der Waals surface area contributed by atoms with Crippen LogP contribution in [0.2, 0.25) is 0 Å². The lowest BCUT2D eigenvalue weighted by atomic mass is 10.1. The number of benzene rings is 2. The molecular formula is C18H19BrN2O5. The number of aryl methyl sites for hydroxylation is 2. The Bertz CT molecular complexity index is 830. The van der Waals surface area contributed by atoms with Gasteiger partial charge in [-0.15, -0.1) is 0 Å². The summed E-state index contributed by atoms with van der Waals surface area (Å²) in [6.07, 6.45) is -0.808. The zero-order chi connectivity index (χ0) is 19.4. The van der Waals surface area contributed by atoms with Crippen molar-refractivity contribution in [3.63, 3.8) is 0 Å². The Kier molecular flexibility index (Phi) is 6.20. The van der Waals surface area contributed by atoms with Crippen LogP contribution in [0.3, 0.4) is 0 Å². The highest BCUT2D eigenvalue weighted by Crippen LogP contribution is 2.30. The Morgan fingerprint density at radius 3 is 2.38 bits per heavy atom. The summed E-state index contributed by atoms with van der Waals surface area (Å²) in [5.74, 6) is 0.513. The van der Waals surface area contributed by atoms with Crippen molar-refractivity contribution in [2.75, 3.05) is 12.4 Å². The highest BCUT2D eigenvalue weighted by molar-refractivity contribution is 9.10. The maximum absolute atomic E-state index is 12.5. The molecule has 0 aliphatic rings. The number of nitrogens with zero attached hydrogens (tertiary/aromatic N) is 1. The maximum atomic E-state index is 12.5. The minimum absolute atomic E-state index is 0.144. The third kappa shape index (κ3) is 4.51. The first-order valence-corrected chi connectivity index (χ1v) is 8.59. The Morgan fingerprint density at radius 2 is 1.85 bits per heavy atom. The zero-order valence-corrected chi connectivity index (χ0v) is 16.4. The zero-order valence-electron chi connectivity index (χ0n) is 14.8. The minimum atomic E-state index is -0.808. The number of amides is 1. The first-order valence-electron chi connectivity index (χ1n) is 7.79. The fourth-order valence-corrected chi connectivity index (χ4v) is 3.14. The van der Waals surface area contributed by atoms with Gasteiger partial charge >= 0.3 is 0 Å². The molecule has 138 valence electrons. The van der Waals surface area contributed by atoms with Crippen molar-refractivity contribution < 1.29 is 19.2 Å². The van der Waals surface area contributed by atoms with Gasteiger partial charge in [-0.25, -0.2) is 0 Å². The summed E-state index contributed by atoms with van der Waals surface area (Å²) in [6.45, 7) is 5.39. The molecule has 0 radical (unpaired) electrons. The highest BCUT2D eigenvalue weighted by atomic mass is 79.9. The molecule has 0 heterocycles. The SMILES string of the molecule is COc1ccc([N+](=O)[O-])cc1NC(=O)[C@@H](C)Oc1c(C)cc(Br)cc1C. The lowest BCUT2D eigenvalue weighted by Crippen LogP contribution is -2.30. The van der Waals surface area contributed by atoms with Crippen molar-refractivity contribution in [3.8, 4) is 11.5 Å². The molecule has 2 rings (SSSR count). The first-order chi connectivity index (χ1) is 12.2. The molecule has 0 spiro atoms. The smallest absolute Gasteiger partial charge is 0.271 e. The second kappa shape index (κ2) is 8.18. The van der Waals surface area contributed by atoms with Gasteiger partial charge in [-0.1, -0.05) is 15.9 Å². The molecule has 8 heteroatoms. The average Bonchev–Trinajstić information content (AvgIpc) is 2.57. The molecule has 1 N–H and O–H groups in total. The van der Waals surface area contributed by atoms with E-state index in [2.05, 4.69) is 21.2 Å². The van der Waals surface area contributed by atoms with E-state index in [-0.39, 0.29) is 11.4 Å². The fraction of sp³-hybridized carbons (Fsp3) is 0.278. The van der Waals surface area contributed by atoms with Crippen LogP contribution in [0.5, 0.6) is 11.5 Å². The molecule has 0 saturated heterocycles. The largest absolute Gasteiger partial charge is 0.495 e. The molecule has 1 amide bonds. The Hall–Kier alpha value is -2.61. The van der Waals surface area contributed by atoms with Gasteiger partial charge in [0, 0.05) is 16.6 Å². The van der Waals surface area contributed by atoms with Crippen molar-refractivity contribution >= 4 is 33.2 Å². The van der Waals surface area contributed by atoms with Gasteiger partial charge in [0.2, 0.25) is 0 Å². The van der Waals surface area contributed by atoms with Crippen LogP contribution in [-0.4, -0.2) is 24.0 Å². The van der Waals surface area contributed by atoms with Crippen LogP contribution in [0.25, 0.3) is 0 Å². The van der Waals surface area contributed by atoms with Gasteiger partial charge in [-0.2, -0.15) is 0 Å². The van der Waals surface area contributed by atoms with Crippen LogP contribution in [-0.2, 0) is 4.79 Å². The third-order valence-electron chi connectivity index (χ3n) is 3.74. The molecule has 0 aliphatic heterocycles. The summed E-state index contributed by atoms with van der Waals surface area (Å²) in [5, 5.41) is 13.6. The van der Waals surface area contributed by atoms with Crippen LogP contribution >= 0.6 is 15.9 Å². The predicted octanol–water partition coefficient (Wildman–Crippen LogP) is 4.39. The van der Waals surface area contributed by atoms with E-state index >= 15 is 0 Å². The molecular weight excluding hydrogens is 404 g/mol. The molecule has 0 saturated carbocycles. The van der Waals surface area contributed by atoms with Crippen LogP contribution in [0.4, 0.5) is 11.4 Å². The number of non-ortho nitro benzene ring substituents is 1. The van der Waals surface area contributed by atoms with Crippen LogP contribution in [0.15, 0.2) is 34.8 Å². The summed E-state index contributed by atoms with van der Waals surface area (Å²) >= 11 is 3.42. The van der Waals surface area contributed by atoms with E-state index in [0.717, 1.165) is 15.6 Å². The quantitative estimate of drug-likeness (QED) is 0.550.